The second kappa shape index (κ2) is 4.25. The minimum absolute atomic E-state index is 0.152. The highest BCUT2D eigenvalue weighted by molar-refractivity contribution is 5.80. The fourth-order valence-electron chi connectivity index (χ4n) is 1.59. The number of hydrogen-bond donors (Lipinski definition) is 1. The Labute approximate surface area is 78.3 Å². The number of carboxylic acids is 1. The summed E-state index contributed by atoms with van der Waals surface area (Å²) < 4.78 is 0. The van der Waals surface area contributed by atoms with Crippen LogP contribution in [0.3, 0.4) is 0 Å². The predicted octanol–water partition coefficient (Wildman–Crippen LogP) is 0.831. The van der Waals surface area contributed by atoms with Crippen molar-refractivity contribution in [2.45, 2.75) is 19.8 Å². The van der Waals surface area contributed by atoms with E-state index in [0.29, 0.717) is 0 Å². The minimum atomic E-state index is -0.661. The van der Waals surface area contributed by atoms with Gasteiger partial charge in [-0.15, -0.1) is 0 Å². The van der Waals surface area contributed by atoms with Crippen LogP contribution in [0.1, 0.15) is 19.8 Å². The zero-order valence-corrected chi connectivity index (χ0v) is 8.16. The van der Waals surface area contributed by atoms with Gasteiger partial charge in [0.05, 0.1) is 11.8 Å². The molecule has 0 aromatic rings. The quantitative estimate of drug-likeness (QED) is 0.485. The lowest BCUT2D eigenvalue weighted by molar-refractivity contribution is -0.143. The Morgan fingerprint density at radius 2 is 2.00 bits per heavy atom. The lowest BCUT2D eigenvalue weighted by atomic mass is 9.97. The van der Waals surface area contributed by atoms with Gasteiger partial charge in [-0.3, -0.25) is 9.79 Å². The summed E-state index contributed by atoms with van der Waals surface area (Å²) in [6, 6.07) is 0. The Bertz CT molecular complexity index is 218. The smallest absolute Gasteiger partial charge is 0.306 e. The Morgan fingerprint density at radius 1 is 1.46 bits per heavy atom. The van der Waals surface area contributed by atoms with Gasteiger partial charge in [0.15, 0.2) is 0 Å². The van der Waals surface area contributed by atoms with E-state index >= 15 is 0 Å². The molecule has 0 aliphatic carbocycles. The first-order valence-electron chi connectivity index (χ1n) is 4.56. The zero-order chi connectivity index (χ0) is 9.84. The molecule has 4 nitrogen and oxygen atoms in total. The van der Waals surface area contributed by atoms with Gasteiger partial charge in [-0.1, -0.05) is 0 Å². The number of aliphatic carboxylic acids is 1. The number of carboxylic acid groups (broad SMARTS) is 1. The first kappa shape index (κ1) is 10.0. The number of piperidine rings is 1. The van der Waals surface area contributed by atoms with Crippen molar-refractivity contribution in [3.05, 3.63) is 0 Å². The summed E-state index contributed by atoms with van der Waals surface area (Å²) in [5.41, 5.74) is 0. The average Bonchev–Trinajstić information content (AvgIpc) is 2.17. The maximum atomic E-state index is 10.7. The molecule has 0 bridgehead atoms. The Kier molecular flexibility index (Phi) is 3.28. The van der Waals surface area contributed by atoms with Crippen LogP contribution in [0.4, 0.5) is 0 Å². The summed E-state index contributed by atoms with van der Waals surface area (Å²) >= 11 is 0. The molecule has 0 atom stereocenters. The van der Waals surface area contributed by atoms with Crippen LogP contribution in [-0.4, -0.2) is 41.9 Å². The molecule has 1 heterocycles. The van der Waals surface area contributed by atoms with Gasteiger partial charge in [-0.25, -0.2) is 0 Å². The van der Waals surface area contributed by atoms with E-state index in [0.717, 1.165) is 31.8 Å². The summed E-state index contributed by atoms with van der Waals surface area (Å²) in [7, 11) is 1.76. The Hall–Kier alpha value is -1.06. The topological polar surface area (TPSA) is 52.9 Å². The average molecular weight is 184 g/mol. The van der Waals surface area contributed by atoms with E-state index in [1.807, 2.05) is 6.92 Å². The van der Waals surface area contributed by atoms with E-state index in [1.54, 1.807) is 7.05 Å². The van der Waals surface area contributed by atoms with Gasteiger partial charge in [0.2, 0.25) is 0 Å². The van der Waals surface area contributed by atoms with E-state index in [-0.39, 0.29) is 5.92 Å². The van der Waals surface area contributed by atoms with Gasteiger partial charge in [-0.2, -0.15) is 0 Å². The normalized spacial score (nSPS) is 20.5. The third-order valence-corrected chi connectivity index (χ3v) is 2.63. The second-order valence-electron chi connectivity index (χ2n) is 3.37. The highest BCUT2D eigenvalue weighted by atomic mass is 16.4. The van der Waals surface area contributed by atoms with Gasteiger partial charge in [0.25, 0.3) is 0 Å². The SMILES string of the molecule is CN=C(C)N1CCC(C(=O)O)CC1. The Balaban J connectivity index is 2.43. The van der Waals surface area contributed by atoms with Crippen LogP contribution in [0.15, 0.2) is 4.99 Å². The maximum absolute atomic E-state index is 10.7. The van der Waals surface area contributed by atoms with E-state index in [2.05, 4.69) is 9.89 Å². The van der Waals surface area contributed by atoms with Crippen LogP contribution in [0.25, 0.3) is 0 Å². The van der Waals surface area contributed by atoms with E-state index in [4.69, 9.17) is 5.11 Å². The molecule has 0 radical (unpaired) electrons. The molecule has 1 aliphatic heterocycles. The molecule has 1 N–H and O–H groups in total. The van der Waals surface area contributed by atoms with Gasteiger partial charge >= 0.3 is 5.97 Å². The summed E-state index contributed by atoms with van der Waals surface area (Å²) in [6.07, 6.45) is 1.48. The van der Waals surface area contributed by atoms with E-state index in [9.17, 15) is 4.79 Å². The van der Waals surface area contributed by atoms with Crippen LogP contribution in [0.2, 0.25) is 0 Å². The monoisotopic (exact) mass is 184 g/mol. The van der Waals surface area contributed by atoms with Crippen molar-refractivity contribution in [1.29, 1.82) is 0 Å². The second-order valence-corrected chi connectivity index (χ2v) is 3.37. The molecule has 1 aliphatic rings. The molecule has 0 aromatic heterocycles. The van der Waals surface area contributed by atoms with Crippen molar-refractivity contribution in [3.8, 4) is 0 Å². The number of nitrogens with zero attached hydrogens (tertiary/aromatic N) is 2. The zero-order valence-electron chi connectivity index (χ0n) is 8.16. The molecular weight excluding hydrogens is 168 g/mol. The van der Waals surface area contributed by atoms with Gasteiger partial charge in [0, 0.05) is 20.1 Å². The first-order valence-corrected chi connectivity index (χ1v) is 4.56. The van der Waals surface area contributed by atoms with Crippen LogP contribution < -0.4 is 0 Å². The fraction of sp³-hybridized carbons (Fsp3) is 0.778. The van der Waals surface area contributed by atoms with Crippen LogP contribution in [0, 0.1) is 5.92 Å². The molecule has 0 saturated carbocycles. The summed E-state index contributed by atoms with van der Waals surface area (Å²) in [5, 5.41) is 8.77. The van der Waals surface area contributed by atoms with E-state index in [1.165, 1.54) is 0 Å². The van der Waals surface area contributed by atoms with E-state index < -0.39 is 5.97 Å². The van der Waals surface area contributed by atoms with Crippen LogP contribution in [0.5, 0.6) is 0 Å². The fourth-order valence-corrected chi connectivity index (χ4v) is 1.59. The largest absolute Gasteiger partial charge is 0.481 e. The van der Waals surface area contributed by atoms with Crippen molar-refractivity contribution in [3.63, 3.8) is 0 Å². The van der Waals surface area contributed by atoms with Crippen molar-refractivity contribution in [2.24, 2.45) is 10.9 Å². The first-order chi connectivity index (χ1) is 6.15. The highest BCUT2D eigenvalue weighted by Crippen LogP contribution is 2.17. The highest BCUT2D eigenvalue weighted by Gasteiger charge is 2.24. The minimum Gasteiger partial charge on any atom is -0.481 e. The number of carbonyl (C=O) groups is 1. The molecule has 0 aromatic carbocycles. The summed E-state index contributed by atoms with van der Waals surface area (Å²) in [6.45, 7) is 3.60. The van der Waals surface area contributed by atoms with Gasteiger partial charge in [-0.05, 0) is 19.8 Å². The lowest BCUT2D eigenvalue weighted by Crippen LogP contribution is -2.39. The molecular formula is C9H16N2O2. The molecule has 4 heteroatoms. The predicted molar refractivity (Wildman–Crippen MR) is 51.0 cm³/mol. The van der Waals surface area contributed by atoms with Crippen LogP contribution >= 0.6 is 0 Å². The molecule has 0 unspecified atom stereocenters. The third kappa shape index (κ3) is 2.44. The number of hydrogen-bond acceptors (Lipinski definition) is 2. The number of amidine groups is 1. The molecule has 1 fully saturated rings. The van der Waals surface area contributed by atoms with Gasteiger partial charge in [0.1, 0.15) is 0 Å². The molecule has 13 heavy (non-hydrogen) atoms. The molecule has 0 spiro atoms. The van der Waals surface area contributed by atoms with Crippen molar-refractivity contribution < 1.29 is 9.90 Å². The van der Waals surface area contributed by atoms with Crippen molar-refractivity contribution >= 4 is 11.8 Å². The molecule has 1 rings (SSSR count). The summed E-state index contributed by atoms with van der Waals surface area (Å²) in [4.78, 5) is 16.9. The maximum Gasteiger partial charge on any atom is 0.306 e. The van der Waals surface area contributed by atoms with Crippen LogP contribution in [-0.2, 0) is 4.79 Å². The number of aliphatic imine (C=N–C) groups is 1. The standard InChI is InChI=1S/C9H16N2O2/c1-7(10-2)11-5-3-8(4-6-11)9(12)13/h8H,3-6H2,1-2H3,(H,12,13). The molecule has 1 saturated heterocycles. The third-order valence-electron chi connectivity index (χ3n) is 2.63. The van der Waals surface area contributed by atoms with Gasteiger partial charge < -0.3 is 10.0 Å². The lowest BCUT2D eigenvalue weighted by Gasteiger charge is -2.31. The van der Waals surface area contributed by atoms with Crippen molar-refractivity contribution in [2.75, 3.05) is 20.1 Å². The molecule has 74 valence electrons. The van der Waals surface area contributed by atoms with Crippen molar-refractivity contribution in [1.82, 2.24) is 4.90 Å². The summed E-state index contributed by atoms with van der Waals surface area (Å²) in [5.74, 6) is 0.190. The molecule has 0 amide bonds. The Morgan fingerprint density at radius 3 is 2.38 bits per heavy atom. The number of rotatable bonds is 1. The number of likely N-dealkylation sites (tertiary alicyclic amines) is 1.